The van der Waals surface area contributed by atoms with Crippen molar-refractivity contribution in [2.45, 2.75) is 38.3 Å². The van der Waals surface area contributed by atoms with Gasteiger partial charge in [-0.2, -0.15) is 11.8 Å². The quantitative estimate of drug-likeness (QED) is 0.840. The third-order valence-electron chi connectivity index (χ3n) is 2.92. The first-order valence-electron chi connectivity index (χ1n) is 6.13. The standard InChI is InChI=1S/C13H22N2O2S2/c1-9-5-10(2)13(6-12(9)7-14)19(16,17)15-11(3)8-18-4/h5-6,11,15H,7-8,14H2,1-4H3. The lowest BCUT2D eigenvalue weighted by Gasteiger charge is -2.16. The topological polar surface area (TPSA) is 72.2 Å². The van der Waals surface area contributed by atoms with Crippen LogP contribution in [0.15, 0.2) is 17.0 Å². The highest BCUT2D eigenvalue weighted by Gasteiger charge is 2.20. The highest BCUT2D eigenvalue weighted by atomic mass is 32.2. The van der Waals surface area contributed by atoms with Gasteiger partial charge in [0, 0.05) is 18.3 Å². The van der Waals surface area contributed by atoms with E-state index in [1.165, 1.54) is 0 Å². The molecule has 0 aliphatic heterocycles. The number of rotatable bonds is 6. The molecule has 3 N–H and O–H groups in total. The molecule has 4 nitrogen and oxygen atoms in total. The van der Waals surface area contributed by atoms with Crippen molar-refractivity contribution in [3.05, 3.63) is 28.8 Å². The number of hydrogen-bond acceptors (Lipinski definition) is 4. The van der Waals surface area contributed by atoms with Gasteiger partial charge in [0.05, 0.1) is 4.90 Å². The third-order valence-corrected chi connectivity index (χ3v) is 5.48. The van der Waals surface area contributed by atoms with E-state index < -0.39 is 10.0 Å². The molecular formula is C13H22N2O2S2. The van der Waals surface area contributed by atoms with Crippen molar-refractivity contribution >= 4 is 21.8 Å². The maximum Gasteiger partial charge on any atom is 0.241 e. The van der Waals surface area contributed by atoms with E-state index in [9.17, 15) is 8.42 Å². The molecule has 0 saturated carbocycles. The lowest BCUT2D eigenvalue weighted by Crippen LogP contribution is -2.34. The van der Waals surface area contributed by atoms with E-state index in [1.54, 1.807) is 24.8 Å². The summed E-state index contributed by atoms with van der Waals surface area (Å²) in [6, 6.07) is 3.46. The lowest BCUT2D eigenvalue weighted by atomic mass is 10.1. The van der Waals surface area contributed by atoms with Gasteiger partial charge in [0.15, 0.2) is 0 Å². The summed E-state index contributed by atoms with van der Waals surface area (Å²) in [6.07, 6.45) is 1.95. The SMILES string of the molecule is CSCC(C)NS(=O)(=O)c1cc(CN)c(C)cc1C. The van der Waals surface area contributed by atoms with Gasteiger partial charge < -0.3 is 5.73 Å². The highest BCUT2D eigenvalue weighted by Crippen LogP contribution is 2.20. The zero-order chi connectivity index (χ0) is 14.6. The second-order valence-corrected chi connectivity index (χ2v) is 7.32. The Morgan fingerprint density at radius 2 is 1.95 bits per heavy atom. The van der Waals surface area contributed by atoms with Crippen LogP contribution in [0.4, 0.5) is 0 Å². The zero-order valence-electron chi connectivity index (χ0n) is 11.9. The first kappa shape index (κ1) is 16.5. The van der Waals surface area contributed by atoms with Gasteiger partial charge >= 0.3 is 0 Å². The number of hydrogen-bond donors (Lipinski definition) is 2. The van der Waals surface area contributed by atoms with Crippen molar-refractivity contribution in [1.82, 2.24) is 4.72 Å². The lowest BCUT2D eigenvalue weighted by molar-refractivity contribution is 0.570. The van der Waals surface area contributed by atoms with E-state index in [0.717, 1.165) is 22.4 Å². The second-order valence-electron chi connectivity index (χ2n) is 4.73. The van der Waals surface area contributed by atoms with Crippen LogP contribution >= 0.6 is 11.8 Å². The molecule has 108 valence electrons. The Morgan fingerprint density at radius 1 is 1.32 bits per heavy atom. The molecule has 6 heteroatoms. The van der Waals surface area contributed by atoms with Crippen molar-refractivity contribution in [3.63, 3.8) is 0 Å². The van der Waals surface area contributed by atoms with E-state index in [0.29, 0.717) is 11.4 Å². The Hall–Kier alpha value is -0.560. The average Bonchev–Trinajstić information content (AvgIpc) is 2.28. The molecule has 0 saturated heterocycles. The number of nitrogens with one attached hydrogen (secondary N) is 1. The number of nitrogens with two attached hydrogens (primary N) is 1. The smallest absolute Gasteiger partial charge is 0.241 e. The van der Waals surface area contributed by atoms with Gasteiger partial charge in [0.2, 0.25) is 10.0 Å². The largest absolute Gasteiger partial charge is 0.326 e. The van der Waals surface area contributed by atoms with Crippen LogP contribution in [0.25, 0.3) is 0 Å². The molecule has 19 heavy (non-hydrogen) atoms. The van der Waals surface area contributed by atoms with E-state index in [1.807, 2.05) is 26.2 Å². The van der Waals surface area contributed by atoms with Crippen LogP contribution in [0.2, 0.25) is 0 Å². The normalized spacial score (nSPS) is 13.5. The van der Waals surface area contributed by atoms with Gasteiger partial charge in [0.1, 0.15) is 0 Å². The summed E-state index contributed by atoms with van der Waals surface area (Å²) in [5.41, 5.74) is 8.28. The van der Waals surface area contributed by atoms with Crippen LogP contribution in [0, 0.1) is 13.8 Å². The highest BCUT2D eigenvalue weighted by molar-refractivity contribution is 7.98. The summed E-state index contributed by atoms with van der Waals surface area (Å²) in [7, 11) is -3.48. The van der Waals surface area contributed by atoms with E-state index in [-0.39, 0.29) is 6.04 Å². The fourth-order valence-corrected chi connectivity index (χ4v) is 4.21. The van der Waals surface area contributed by atoms with Crippen LogP contribution in [0.5, 0.6) is 0 Å². The van der Waals surface area contributed by atoms with Crippen LogP contribution in [0.3, 0.4) is 0 Å². The fraction of sp³-hybridized carbons (Fsp3) is 0.538. The minimum atomic E-state index is -3.48. The minimum Gasteiger partial charge on any atom is -0.326 e. The Balaban J connectivity index is 3.14. The van der Waals surface area contributed by atoms with E-state index in [4.69, 9.17) is 5.73 Å². The van der Waals surface area contributed by atoms with E-state index in [2.05, 4.69) is 4.72 Å². The van der Waals surface area contributed by atoms with Crippen LogP contribution in [-0.4, -0.2) is 26.5 Å². The van der Waals surface area contributed by atoms with Gasteiger partial charge in [-0.3, -0.25) is 0 Å². The summed E-state index contributed by atoms with van der Waals surface area (Å²) in [5.74, 6) is 0.744. The van der Waals surface area contributed by atoms with Gasteiger partial charge in [-0.25, -0.2) is 13.1 Å². The molecular weight excluding hydrogens is 280 g/mol. The fourth-order valence-electron chi connectivity index (χ4n) is 2.00. The molecule has 1 aromatic rings. The maximum absolute atomic E-state index is 12.4. The Labute approximate surface area is 120 Å². The van der Waals surface area contributed by atoms with Crippen molar-refractivity contribution in [2.75, 3.05) is 12.0 Å². The molecule has 1 atom stereocenters. The number of aryl methyl sites for hydroxylation is 2. The number of thioether (sulfide) groups is 1. The summed E-state index contributed by atoms with van der Waals surface area (Å²) < 4.78 is 27.4. The molecule has 0 aliphatic carbocycles. The number of sulfonamides is 1. The molecule has 0 fully saturated rings. The van der Waals surface area contributed by atoms with Gasteiger partial charge in [-0.05, 0) is 49.8 Å². The van der Waals surface area contributed by atoms with Crippen LogP contribution in [-0.2, 0) is 16.6 Å². The van der Waals surface area contributed by atoms with Crippen molar-refractivity contribution in [2.24, 2.45) is 5.73 Å². The first-order chi connectivity index (χ1) is 8.81. The Morgan fingerprint density at radius 3 is 2.47 bits per heavy atom. The predicted molar refractivity (Wildman–Crippen MR) is 82.0 cm³/mol. The maximum atomic E-state index is 12.4. The second kappa shape index (κ2) is 6.74. The van der Waals surface area contributed by atoms with Crippen LogP contribution < -0.4 is 10.5 Å². The molecule has 0 amide bonds. The molecule has 0 bridgehead atoms. The van der Waals surface area contributed by atoms with Gasteiger partial charge in [-0.15, -0.1) is 0 Å². The monoisotopic (exact) mass is 302 g/mol. The van der Waals surface area contributed by atoms with E-state index >= 15 is 0 Å². The zero-order valence-corrected chi connectivity index (χ0v) is 13.5. The molecule has 0 radical (unpaired) electrons. The number of benzene rings is 1. The first-order valence-corrected chi connectivity index (χ1v) is 9.01. The Bertz CT molecular complexity index is 542. The summed E-state index contributed by atoms with van der Waals surface area (Å²) in [4.78, 5) is 0.325. The predicted octanol–water partition coefficient (Wildman–Crippen LogP) is 1.79. The molecule has 0 aromatic heterocycles. The summed E-state index contributed by atoms with van der Waals surface area (Å²) in [5, 5.41) is 0. The molecule has 0 spiro atoms. The van der Waals surface area contributed by atoms with Crippen molar-refractivity contribution in [1.29, 1.82) is 0 Å². The molecule has 0 heterocycles. The molecule has 1 aromatic carbocycles. The summed E-state index contributed by atoms with van der Waals surface area (Å²) in [6.45, 7) is 5.95. The average molecular weight is 302 g/mol. The van der Waals surface area contributed by atoms with Gasteiger partial charge in [0.25, 0.3) is 0 Å². The van der Waals surface area contributed by atoms with Crippen LogP contribution in [0.1, 0.15) is 23.6 Å². The van der Waals surface area contributed by atoms with Crippen molar-refractivity contribution < 1.29 is 8.42 Å². The molecule has 0 aliphatic rings. The summed E-state index contributed by atoms with van der Waals surface area (Å²) >= 11 is 1.61. The van der Waals surface area contributed by atoms with Crippen molar-refractivity contribution in [3.8, 4) is 0 Å². The van der Waals surface area contributed by atoms with Gasteiger partial charge in [-0.1, -0.05) is 6.07 Å². The molecule has 1 unspecified atom stereocenters. The Kier molecular flexibility index (Phi) is 5.85. The third kappa shape index (κ3) is 4.21. The molecule has 1 rings (SSSR count). The minimum absolute atomic E-state index is 0.0953.